The molecular formula is C12H18FN3O3S. The highest BCUT2D eigenvalue weighted by molar-refractivity contribution is 7.89. The number of benzene rings is 1. The van der Waals surface area contributed by atoms with Crippen LogP contribution in [0.3, 0.4) is 0 Å². The maximum absolute atomic E-state index is 13.6. The quantitative estimate of drug-likeness (QED) is 0.774. The molecule has 0 bridgehead atoms. The van der Waals surface area contributed by atoms with Crippen LogP contribution in [-0.4, -0.2) is 38.8 Å². The number of anilines is 1. The van der Waals surface area contributed by atoms with Crippen LogP contribution in [0.5, 0.6) is 0 Å². The number of amides is 1. The van der Waals surface area contributed by atoms with E-state index in [0.29, 0.717) is 6.54 Å². The fraction of sp³-hybridized carbons (Fsp3) is 0.417. The average Bonchev–Trinajstić information content (AvgIpc) is 2.33. The Labute approximate surface area is 117 Å². The van der Waals surface area contributed by atoms with E-state index in [4.69, 9.17) is 5.73 Å². The van der Waals surface area contributed by atoms with Crippen LogP contribution in [0.15, 0.2) is 17.0 Å². The van der Waals surface area contributed by atoms with Crippen molar-refractivity contribution >= 4 is 21.6 Å². The predicted octanol–water partition coefficient (Wildman–Crippen LogP) is 0.473. The molecule has 0 atom stereocenters. The van der Waals surface area contributed by atoms with Gasteiger partial charge in [-0.2, -0.15) is 4.31 Å². The second kappa shape index (κ2) is 6.19. The van der Waals surface area contributed by atoms with Crippen LogP contribution in [0, 0.1) is 12.7 Å². The average molecular weight is 303 g/mol. The van der Waals surface area contributed by atoms with Crippen molar-refractivity contribution < 1.29 is 17.6 Å². The van der Waals surface area contributed by atoms with E-state index in [0.717, 1.165) is 10.4 Å². The van der Waals surface area contributed by atoms with Crippen molar-refractivity contribution in [2.45, 2.75) is 18.7 Å². The van der Waals surface area contributed by atoms with Gasteiger partial charge >= 0.3 is 0 Å². The molecule has 1 rings (SSSR count). The van der Waals surface area contributed by atoms with E-state index in [1.165, 1.54) is 20.0 Å². The summed E-state index contributed by atoms with van der Waals surface area (Å²) < 4.78 is 39.1. The van der Waals surface area contributed by atoms with Gasteiger partial charge in [0.25, 0.3) is 0 Å². The standard InChI is InChI=1S/C12H18FN3O3S/c1-4-15-12(17)7-16(3)20(18,19)11-6-9(14)5-10(13)8(11)2/h5-6H,4,7,14H2,1-3H3,(H,15,17). The van der Waals surface area contributed by atoms with E-state index in [-0.39, 0.29) is 22.7 Å². The first-order chi connectivity index (χ1) is 9.20. The van der Waals surface area contributed by atoms with Gasteiger partial charge in [-0.15, -0.1) is 0 Å². The zero-order valence-electron chi connectivity index (χ0n) is 11.6. The molecule has 0 spiro atoms. The van der Waals surface area contributed by atoms with Gasteiger partial charge in [-0.25, -0.2) is 12.8 Å². The molecule has 0 aliphatic rings. The summed E-state index contributed by atoms with van der Waals surface area (Å²) in [5.74, 6) is -1.13. The maximum Gasteiger partial charge on any atom is 0.243 e. The van der Waals surface area contributed by atoms with Gasteiger partial charge < -0.3 is 11.1 Å². The lowest BCUT2D eigenvalue weighted by Crippen LogP contribution is -2.38. The third kappa shape index (κ3) is 3.45. The van der Waals surface area contributed by atoms with Gasteiger partial charge in [0.1, 0.15) is 5.82 Å². The van der Waals surface area contributed by atoms with Crippen LogP contribution in [0.4, 0.5) is 10.1 Å². The number of carbonyl (C=O) groups is 1. The normalized spacial score (nSPS) is 11.7. The minimum Gasteiger partial charge on any atom is -0.399 e. The van der Waals surface area contributed by atoms with E-state index >= 15 is 0 Å². The van der Waals surface area contributed by atoms with Crippen LogP contribution in [-0.2, 0) is 14.8 Å². The molecule has 20 heavy (non-hydrogen) atoms. The number of nitrogens with one attached hydrogen (secondary N) is 1. The second-order valence-corrected chi connectivity index (χ2v) is 6.35. The number of nitrogen functional groups attached to an aromatic ring is 1. The molecule has 0 saturated heterocycles. The maximum atomic E-state index is 13.6. The number of carbonyl (C=O) groups excluding carboxylic acids is 1. The van der Waals surface area contributed by atoms with Gasteiger partial charge in [-0.3, -0.25) is 4.79 Å². The molecule has 0 aliphatic carbocycles. The fourth-order valence-electron chi connectivity index (χ4n) is 1.65. The molecule has 1 aromatic carbocycles. The Balaban J connectivity index is 3.14. The summed E-state index contributed by atoms with van der Waals surface area (Å²) in [6, 6.07) is 2.24. The van der Waals surface area contributed by atoms with E-state index < -0.39 is 21.7 Å². The van der Waals surface area contributed by atoms with Crippen molar-refractivity contribution in [1.29, 1.82) is 0 Å². The molecule has 1 aromatic rings. The number of hydrogen-bond acceptors (Lipinski definition) is 4. The van der Waals surface area contributed by atoms with Crippen molar-refractivity contribution in [2.75, 3.05) is 25.9 Å². The third-order valence-electron chi connectivity index (χ3n) is 2.75. The second-order valence-electron chi connectivity index (χ2n) is 4.34. The van der Waals surface area contributed by atoms with E-state index in [1.54, 1.807) is 6.92 Å². The lowest BCUT2D eigenvalue weighted by Gasteiger charge is -2.18. The number of halogens is 1. The van der Waals surface area contributed by atoms with Gasteiger partial charge in [-0.05, 0) is 26.0 Å². The Morgan fingerprint density at radius 2 is 2.05 bits per heavy atom. The molecule has 3 N–H and O–H groups in total. The highest BCUT2D eigenvalue weighted by Crippen LogP contribution is 2.24. The number of hydrogen-bond donors (Lipinski definition) is 2. The number of sulfonamides is 1. The van der Waals surface area contributed by atoms with Crippen molar-refractivity contribution in [3.63, 3.8) is 0 Å². The summed E-state index contributed by atoms with van der Waals surface area (Å²) in [5, 5.41) is 2.49. The van der Waals surface area contributed by atoms with Crippen LogP contribution in [0.2, 0.25) is 0 Å². The Bertz CT molecular complexity index is 617. The monoisotopic (exact) mass is 303 g/mol. The summed E-state index contributed by atoms with van der Waals surface area (Å²) >= 11 is 0. The summed E-state index contributed by atoms with van der Waals surface area (Å²) in [5.41, 5.74) is 5.46. The molecule has 0 unspecified atom stereocenters. The molecule has 0 saturated carbocycles. The Hall–Kier alpha value is -1.67. The van der Waals surface area contributed by atoms with Crippen molar-refractivity contribution in [2.24, 2.45) is 0 Å². The molecule has 0 aromatic heterocycles. The summed E-state index contributed by atoms with van der Waals surface area (Å²) in [7, 11) is -2.72. The van der Waals surface area contributed by atoms with Crippen LogP contribution < -0.4 is 11.1 Å². The van der Waals surface area contributed by atoms with E-state index in [1.807, 2.05) is 0 Å². The molecule has 112 valence electrons. The Morgan fingerprint density at radius 3 is 2.60 bits per heavy atom. The zero-order valence-corrected chi connectivity index (χ0v) is 12.4. The largest absolute Gasteiger partial charge is 0.399 e. The molecule has 1 amide bonds. The van der Waals surface area contributed by atoms with Crippen LogP contribution >= 0.6 is 0 Å². The van der Waals surface area contributed by atoms with Crippen LogP contribution in [0.25, 0.3) is 0 Å². The number of nitrogens with two attached hydrogens (primary N) is 1. The molecule has 0 heterocycles. The highest BCUT2D eigenvalue weighted by Gasteiger charge is 2.26. The topological polar surface area (TPSA) is 92.5 Å². The third-order valence-corrected chi connectivity index (χ3v) is 4.68. The predicted molar refractivity (Wildman–Crippen MR) is 74.0 cm³/mol. The van der Waals surface area contributed by atoms with Crippen molar-refractivity contribution in [1.82, 2.24) is 9.62 Å². The molecular weight excluding hydrogens is 285 g/mol. The molecule has 0 fully saturated rings. The van der Waals surface area contributed by atoms with Gasteiger partial charge in [0, 0.05) is 24.8 Å². The van der Waals surface area contributed by atoms with Gasteiger partial charge in [0.15, 0.2) is 0 Å². The fourth-order valence-corrected chi connectivity index (χ4v) is 3.04. The summed E-state index contributed by atoms with van der Waals surface area (Å²) in [6.07, 6.45) is 0. The smallest absolute Gasteiger partial charge is 0.243 e. The Morgan fingerprint density at radius 1 is 1.45 bits per heavy atom. The first kappa shape index (κ1) is 16.4. The van der Waals surface area contributed by atoms with Gasteiger partial charge in [0.05, 0.1) is 11.4 Å². The molecule has 0 radical (unpaired) electrons. The van der Waals surface area contributed by atoms with Crippen LogP contribution in [0.1, 0.15) is 12.5 Å². The van der Waals surface area contributed by atoms with Crippen molar-refractivity contribution in [3.8, 4) is 0 Å². The highest BCUT2D eigenvalue weighted by atomic mass is 32.2. The molecule has 8 heteroatoms. The minimum absolute atomic E-state index is 0.0121. The lowest BCUT2D eigenvalue weighted by atomic mass is 10.2. The number of rotatable bonds is 5. The lowest BCUT2D eigenvalue weighted by molar-refractivity contribution is -0.121. The SMILES string of the molecule is CCNC(=O)CN(C)S(=O)(=O)c1cc(N)cc(F)c1C. The van der Waals surface area contributed by atoms with E-state index in [2.05, 4.69) is 5.32 Å². The molecule has 6 nitrogen and oxygen atoms in total. The Kier molecular flexibility index (Phi) is 5.07. The number of likely N-dealkylation sites (N-methyl/N-ethyl adjacent to an activating group) is 2. The zero-order chi connectivity index (χ0) is 15.5. The summed E-state index contributed by atoms with van der Waals surface area (Å²) in [6.45, 7) is 3.14. The first-order valence-electron chi connectivity index (χ1n) is 5.98. The first-order valence-corrected chi connectivity index (χ1v) is 7.42. The minimum atomic E-state index is -3.98. The van der Waals surface area contributed by atoms with Gasteiger partial charge in [0.2, 0.25) is 15.9 Å². The van der Waals surface area contributed by atoms with Gasteiger partial charge in [-0.1, -0.05) is 0 Å². The van der Waals surface area contributed by atoms with Crippen molar-refractivity contribution in [3.05, 3.63) is 23.5 Å². The number of nitrogens with zero attached hydrogens (tertiary/aromatic N) is 1. The van der Waals surface area contributed by atoms with E-state index in [9.17, 15) is 17.6 Å². The molecule has 0 aliphatic heterocycles. The summed E-state index contributed by atoms with van der Waals surface area (Å²) in [4.78, 5) is 11.2.